The minimum absolute atomic E-state index is 0.0251. The predicted molar refractivity (Wildman–Crippen MR) is 109 cm³/mol. The lowest BCUT2D eigenvalue weighted by molar-refractivity contribution is 0.159. The molecule has 9 heteroatoms. The van der Waals surface area contributed by atoms with E-state index in [0.717, 1.165) is 16.5 Å². The van der Waals surface area contributed by atoms with E-state index in [-0.39, 0.29) is 10.9 Å². The number of sulfonamides is 1. The van der Waals surface area contributed by atoms with Gasteiger partial charge in [0.1, 0.15) is 0 Å². The Morgan fingerprint density at radius 1 is 1.22 bits per heavy atom. The monoisotopic (exact) mass is 412 g/mol. The first kappa shape index (κ1) is 21.9. The Balaban J connectivity index is 2.54. The van der Waals surface area contributed by atoms with Gasteiger partial charge in [0.2, 0.25) is 10.0 Å². The van der Waals surface area contributed by atoms with Gasteiger partial charge in [0.25, 0.3) is 0 Å². The molecule has 1 atom stereocenters. The second kappa shape index (κ2) is 9.68. The number of thioether (sulfide) groups is 1. The number of aromatic nitrogens is 3. The molecule has 0 fully saturated rings. The van der Waals surface area contributed by atoms with Gasteiger partial charge in [-0.15, -0.1) is 10.2 Å². The summed E-state index contributed by atoms with van der Waals surface area (Å²) in [5.41, 5.74) is 0.724. The summed E-state index contributed by atoms with van der Waals surface area (Å²) in [6.07, 6.45) is 0. The molecule has 0 saturated heterocycles. The number of hydrogen-bond donors (Lipinski definition) is 0. The SMILES string of the molecule is CCSc1nnc(-c2cccc(S(=O)(=O)N(CC)CC)c2)n1[C@H](C)COC. The molecule has 0 bridgehead atoms. The molecule has 2 aromatic rings. The van der Waals surface area contributed by atoms with Gasteiger partial charge >= 0.3 is 0 Å². The number of rotatable bonds is 10. The zero-order valence-corrected chi connectivity index (χ0v) is 18.2. The van der Waals surface area contributed by atoms with E-state index in [0.29, 0.717) is 25.5 Å². The summed E-state index contributed by atoms with van der Waals surface area (Å²) in [7, 11) is -1.88. The molecule has 0 aliphatic heterocycles. The van der Waals surface area contributed by atoms with E-state index >= 15 is 0 Å². The highest BCUT2D eigenvalue weighted by Gasteiger charge is 2.24. The third-order valence-electron chi connectivity index (χ3n) is 4.22. The lowest BCUT2D eigenvalue weighted by atomic mass is 10.2. The van der Waals surface area contributed by atoms with Crippen molar-refractivity contribution in [3.8, 4) is 11.4 Å². The van der Waals surface area contributed by atoms with Crippen LogP contribution in [0.1, 0.15) is 33.7 Å². The van der Waals surface area contributed by atoms with Crippen molar-refractivity contribution in [1.82, 2.24) is 19.1 Å². The van der Waals surface area contributed by atoms with Crippen molar-refractivity contribution in [2.75, 3.05) is 32.6 Å². The van der Waals surface area contributed by atoms with Crippen LogP contribution >= 0.6 is 11.8 Å². The summed E-state index contributed by atoms with van der Waals surface area (Å²) >= 11 is 1.60. The first-order valence-corrected chi connectivity index (χ1v) is 11.5. The van der Waals surface area contributed by atoms with Gasteiger partial charge in [0, 0.05) is 25.8 Å². The van der Waals surface area contributed by atoms with E-state index in [2.05, 4.69) is 17.1 Å². The first-order valence-electron chi connectivity index (χ1n) is 9.07. The highest BCUT2D eigenvalue weighted by molar-refractivity contribution is 7.99. The van der Waals surface area contributed by atoms with Crippen LogP contribution in [0.3, 0.4) is 0 Å². The summed E-state index contributed by atoms with van der Waals surface area (Å²) in [4.78, 5) is 0.266. The normalized spacial score (nSPS) is 13.3. The minimum Gasteiger partial charge on any atom is -0.383 e. The summed E-state index contributed by atoms with van der Waals surface area (Å²) in [6, 6.07) is 6.93. The maximum absolute atomic E-state index is 12.9. The minimum atomic E-state index is -3.53. The van der Waals surface area contributed by atoms with Crippen molar-refractivity contribution in [2.24, 2.45) is 0 Å². The molecule has 0 unspecified atom stereocenters. The van der Waals surface area contributed by atoms with Crippen LogP contribution in [0.2, 0.25) is 0 Å². The number of ether oxygens (including phenoxy) is 1. The largest absolute Gasteiger partial charge is 0.383 e. The van der Waals surface area contributed by atoms with Gasteiger partial charge in [-0.1, -0.05) is 44.7 Å². The molecule has 27 heavy (non-hydrogen) atoms. The van der Waals surface area contributed by atoms with E-state index < -0.39 is 10.0 Å². The molecule has 0 spiro atoms. The Bertz CT molecular complexity index is 848. The Morgan fingerprint density at radius 2 is 1.93 bits per heavy atom. The van der Waals surface area contributed by atoms with E-state index in [4.69, 9.17) is 4.74 Å². The van der Waals surface area contributed by atoms with Gasteiger partial charge in [-0.3, -0.25) is 4.57 Å². The standard InChI is InChI=1S/C18H28N4O3S2/c1-6-21(7-2)27(23,24)16-11-9-10-15(12-16)17-19-20-18(26-8-3)22(17)14(4)13-25-5/h9-12,14H,6-8,13H2,1-5H3/t14-/m1/s1. The van der Waals surface area contributed by atoms with E-state index in [1.165, 1.54) is 4.31 Å². The smallest absolute Gasteiger partial charge is 0.243 e. The van der Waals surface area contributed by atoms with Crippen LogP contribution in [0, 0.1) is 0 Å². The van der Waals surface area contributed by atoms with Crippen molar-refractivity contribution in [3.63, 3.8) is 0 Å². The maximum Gasteiger partial charge on any atom is 0.243 e. The Labute approximate surface area is 166 Å². The highest BCUT2D eigenvalue weighted by atomic mass is 32.2. The van der Waals surface area contributed by atoms with Gasteiger partial charge < -0.3 is 4.74 Å². The summed E-state index contributed by atoms with van der Waals surface area (Å²) in [6.45, 7) is 9.14. The molecule has 1 aromatic heterocycles. The van der Waals surface area contributed by atoms with Crippen LogP contribution < -0.4 is 0 Å². The van der Waals surface area contributed by atoms with E-state index in [1.807, 2.05) is 31.4 Å². The van der Waals surface area contributed by atoms with Crippen molar-refractivity contribution in [3.05, 3.63) is 24.3 Å². The van der Waals surface area contributed by atoms with Gasteiger partial charge in [-0.2, -0.15) is 4.31 Å². The number of nitrogens with zero attached hydrogens (tertiary/aromatic N) is 4. The fourth-order valence-electron chi connectivity index (χ4n) is 2.92. The van der Waals surface area contributed by atoms with Gasteiger partial charge in [-0.25, -0.2) is 8.42 Å². The molecule has 0 saturated carbocycles. The van der Waals surface area contributed by atoms with Crippen LogP contribution in [0.25, 0.3) is 11.4 Å². The number of methoxy groups -OCH3 is 1. The van der Waals surface area contributed by atoms with Crippen LogP contribution in [-0.2, 0) is 14.8 Å². The van der Waals surface area contributed by atoms with Crippen LogP contribution in [-0.4, -0.2) is 60.0 Å². The van der Waals surface area contributed by atoms with E-state index in [1.54, 1.807) is 37.1 Å². The molecule has 1 heterocycles. The molecule has 0 radical (unpaired) electrons. The van der Waals surface area contributed by atoms with E-state index in [9.17, 15) is 8.42 Å². The molecular weight excluding hydrogens is 384 g/mol. The Hall–Kier alpha value is -1.42. The third kappa shape index (κ3) is 4.71. The van der Waals surface area contributed by atoms with Crippen molar-refractivity contribution in [1.29, 1.82) is 0 Å². The summed E-state index contributed by atoms with van der Waals surface area (Å²) in [5.74, 6) is 1.51. The molecule has 7 nitrogen and oxygen atoms in total. The number of benzene rings is 1. The molecule has 0 N–H and O–H groups in total. The average molecular weight is 413 g/mol. The fraction of sp³-hybridized carbons (Fsp3) is 0.556. The molecule has 0 aliphatic rings. The summed E-state index contributed by atoms with van der Waals surface area (Å²) in [5, 5.41) is 9.45. The molecule has 0 amide bonds. The van der Waals surface area contributed by atoms with Gasteiger partial charge in [0.15, 0.2) is 11.0 Å². The van der Waals surface area contributed by atoms with Crippen LogP contribution in [0.4, 0.5) is 0 Å². The third-order valence-corrected chi connectivity index (χ3v) is 7.09. The molecular formula is C18H28N4O3S2. The Kier molecular flexibility index (Phi) is 7.84. The second-order valence-electron chi connectivity index (χ2n) is 6.03. The first-order chi connectivity index (χ1) is 12.9. The van der Waals surface area contributed by atoms with Crippen molar-refractivity contribution in [2.45, 2.75) is 43.8 Å². The summed E-state index contributed by atoms with van der Waals surface area (Å²) < 4.78 is 34.5. The van der Waals surface area contributed by atoms with Gasteiger partial charge in [-0.05, 0) is 24.8 Å². The highest BCUT2D eigenvalue weighted by Crippen LogP contribution is 2.29. The van der Waals surface area contributed by atoms with Crippen LogP contribution in [0.15, 0.2) is 34.3 Å². The lowest BCUT2D eigenvalue weighted by Crippen LogP contribution is -2.30. The predicted octanol–water partition coefficient (Wildman–Crippen LogP) is 3.30. The molecule has 0 aliphatic carbocycles. The molecule has 2 rings (SSSR count). The van der Waals surface area contributed by atoms with Gasteiger partial charge in [0.05, 0.1) is 17.5 Å². The maximum atomic E-state index is 12.9. The quantitative estimate of drug-likeness (QED) is 0.557. The van der Waals surface area contributed by atoms with Crippen molar-refractivity contribution >= 4 is 21.8 Å². The Morgan fingerprint density at radius 3 is 2.52 bits per heavy atom. The lowest BCUT2D eigenvalue weighted by Gasteiger charge is -2.19. The average Bonchev–Trinajstić information content (AvgIpc) is 3.07. The molecule has 1 aromatic carbocycles. The zero-order valence-electron chi connectivity index (χ0n) is 16.5. The molecule has 150 valence electrons. The zero-order chi connectivity index (χ0) is 20.0. The fourth-order valence-corrected chi connectivity index (χ4v) is 5.19. The number of hydrogen-bond acceptors (Lipinski definition) is 6. The second-order valence-corrected chi connectivity index (χ2v) is 9.20. The van der Waals surface area contributed by atoms with Crippen molar-refractivity contribution < 1.29 is 13.2 Å². The topological polar surface area (TPSA) is 77.3 Å². The van der Waals surface area contributed by atoms with Crippen LogP contribution in [0.5, 0.6) is 0 Å².